The van der Waals surface area contributed by atoms with Gasteiger partial charge in [0.1, 0.15) is 16.7 Å². The number of aromatic nitrogens is 3. The molecule has 3 fully saturated rings. The molecule has 0 amide bonds. The molecule has 0 saturated carbocycles. The van der Waals surface area contributed by atoms with Crippen molar-refractivity contribution in [2.45, 2.75) is 35.2 Å². The van der Waals surface area contributed by atoms with E-state index in [0.29, 0.717) is 16.3 Å². The number of hydrogen-bond acceptors (Lipinski definition) is 8. The van der Waals surface area contributed by atoms with Crippen molar-refractivity contribution in [1.82, 2.24) is 25.2 Å². The average molecular weight is 432 g/mol. The van der Waals surface area contributed by atoms with Gasteiger partial charge in [-0.25, -0.2) is 15.0 Å². The Balaban J connectivity index is 1.19. The summed E-state index contributed by atoms with van der Waals surface area (Å²) < 4.78 is 0. The average Bonchev–Trinajstić information content (AvgIpc) is 3.08. The first kappa shape index (κ1) is 19.4. The highest BCUT2D eigenvalue weighted by molar-refractivity contribution is 7.99. The van der Waals surface area contributed by atoms with Crippen LogP contribution in [-0.2, 0) is 0 Å². The second kappa shape index (κ2) is 7.91. The molecule has 9 heteroatoms. The number of hydrogen-bond donors (Lipinski definition) is 2. The van der Waals surface area contributed by atoms with E-state index in [9.17, 15) is 0 Å². The van der Waals surface area contributed by atoms with Crippen LogP contribution in [0.3, 0.4) is 0 Å². The van der Waals surface area contributed by atoms with Crippen LogP contribution in [0.1, 0.15) is 19.3 Å². The molecule has 154 valence electrons. The lowest BCUT2D eigenvalue weighted by Crippen LogP contribution is -2.57. The Labute approximate surface area is 180 Å². The summed E-state index contributed by atoms with van der Waals surface area (Å²) >= 11 is 7.68. The van der Waals surface area contributed by atoms with Crippen molar-refractivity contribution in [2.75, 3.05) is 49.9 Å². The van der Waals surface area contributed by atoms with Gasteiger partial charge in [-0.15, -0.1) is 0 Å². The maximum absolute atomic E-state index is 6.23. The lowest BCUT2D eigenvalue weighted by atomic mass is 9.77. The molecule has 3 saturated heterocycles. The van der Waals surface area contributed by atoms with E-state index in [1.165, 1.54) is 57.2 Å². The van der Waals surface area contributed by atoms with Crippen LogP contribution in [-0.4, -0.2) is 65.2 Å². The van der Waals surface area contributed by atoms with Crippen molar-refractivity contribution in [2.24, 2.45) is 5.41 Å². The van der Waals surface area contributed by atoms with Crippen molar-refractivity contribution in [1.29, 1.82) is 0 Å². The van der Waals surface area contributed by atoms with Gasteiger partial charge < -0.3 is 16.0 Å². The zero-order valence-electron chi connectivity index (χ0n) is 16.4. The number of nitrogens with one attached hydrogen (secondary N) is 1. The first-order valence-electron chi connectivity index (χ1n) is 10.2. The Morgan fingerprint density at radius 1 is 1.10 bits per heavy atom. The fourth-order valence-electron chi connectivity index (χ4n) is 4.59. The van der Waals surface area contributed by atoms with E-state index in [0.717, 1.165) is 34.9 Å². The van der Waals surface area contributed by atoms with E-state index < -0.39 is 0 Å². The first-order chi connectivity index (χ1) is 14.1. The Kier molecular flexibility index (Phi) is 5.28. The standard InChI is InChI=1S/C20H26ClN7S/c21-18-15(1-5-24-19(18)22)29-17-12-25-16(11-26-17)27-6-2-20(3-7-27)4-8-28(13-20)14-9-23-10-14/h1,5,11-12,14,23H,2-4,6-10,13H2,(H2,22,24). The number of piperidine rings is 1. The van der Waals surface area contributed by atoms with Gasteiger partial charge in [0.2, 0.25) is 0 Å². The highest BCUT2D eigenvalue weighted by Crippen LogP contribution is 2.42. The van der Waals surface area contributed by atoms with Crippen molar-refractivity contribution in [3.8, 4) is 0 Å². The van der Waals surface area contributed by atoms with Gasteiger partial charge >= 0.3 is 0 Å². The van der Waals surface area contributed by atoms with Crippen LogP contribution >= 0.6 is 23.4 Å². The molecule has 1 spiro atoms. The number of likely N-dealkylation sites (tertiary alicyclic amines) is 1. The number of rotatable bonds is 4. The fraction of sp³-hybridized carbons (Fsp3) is 0.550. The molecule has 5 rings (SSSR count). The molecule has 0 bridgehead atoms. The van der Waals surface area contributed by atoms with Crippen LogP contribution in [0.25, 0.3) is 0 Å². The van der Waals surface area contributed by atoms with Gasteiger partial charge in [0.15, 0.2) is 0 Å². The summed E-state index contributed by atoms with van der Waals surface area (Å²) in [6.45, 7) is 6.98. The summed E-state index contributed by atoms with van der Waals surface area (Å²) in [5.74, 6) is 1.30. The molecular formula is C20H26ClN7S. The minimum absolute atomic E-state index is 0.336. The molecule has 0 atom stereocenters. The molecule has 3 N–H and O–H groups in total. The number of anilines is 2. The van der Waals surface area contributed by atoms with Gasteiger partial charge in [-0.2, -0.15) is 0 Å². The van der Waals surface area contributed by atoms with Crippen molar-refractivity contribution >= 4 is 35.0 Å². The lowest BCUT2D eigenvalue weighted by molar-refractivity contribution is 0.142. The zero-order valence-corrected chi connectivity index (χ0v) is 17.9. The molecule has 0 radical (unpaired) electrons. The smallest absolute Gasteiger partial charge is 0.147 e. The van der Waals surface area contributed by atoms with E-state index in [2.05, 4.69) is 30.1 Å². The van der Waals surface area contributed by atoms with E-state index in [1.807, 2.05) is 18.5 Å². The van der Waals surface area contributed by atoms with Crippen molar-refractivity contribution < 1.29 is 0 Å². The van der Waals surface area contributed by atoms with Gasteiger partial charge in [-0.3, -0.25) is 4.90 Å². The Hall–Kier alpha value is -1.61. The van der Waals surface area contributed by atoms with E-state index in [4.69, 9.17) is 17.3 Å². The summed E-state index contributed by atoms with van der Waals surface area (Å²) in [7, 11) is 0. The Morgan fingerprint density at radius 2 is 1.90 bits per heavy atom. The summed E-state index contributed by atoms with van der Waals surface area (Å²) in [4.78, 5) is 19.2. The summed E-state index contributed by atoms with van der Waals surface area (Å²) in [5.41, 5.74) is 6.28. The van der Waals surface area contributed by atoms with E-state index >= 15 is 0 Å². The maximum atomic E-state index is 6.23. The summed E-state index contributed by atoms with van der Waals surface area (Å²) in [6.07, 6.45) is 9.18. The van der Waals surface area contributed by atoms with Gasteiger partial charge in [-0.1, -0.05) is 23.4 Å². The third-order valence-electron chi connectivity index (χ3n) is 6.60. The van der Waals surface area contributed by atoms with Gasteiger partial charge in [-0.05, 0) is 37.3 Å². The number of nitrogen functional groups attached to an aromatic ring is 1. The molecule has 29 heavy (non-hydrogen) atoms. The van der Waals surface area contributed by atoms with Crippen molar-refractivity contribution in [3.63, 3.8) is 0 Å². The monoisotopic (exact) mass is 431 g/mol. The van der Waals surface area contributed by atoms with Gasteiger partial charge in [0.25, 0.3) is 0 Å². The van der Waals surface area contributed by atoms with Gasteiger partial charge in [0.05, 0.1) is 17.4 Å². The third kappa shape index (κ3) is 3.91. The highest BCUT2D eigenvalue weighted by Gasteiger charge is 2.43. The second-order valence-electron chi connectivity index (χ2n) is 8.34. The predicted molar refractivity (Wildman–Crippen MR) is 117 cm³/mol. The number of halogens is 1. The van der Waals surface area contributed by atoms with Crippen LogP contribution in [0, 0.1) is 5.41 Å². The highest BCUT2D eigenvalue weighted by atomic mass is 35.5. The van der Waals surface area contributed by atoms with E-state index in [1.54, 1.807) is 6.20 Å². The molecule has 2 aromatic rings. The minimum Gasteiger partial charge on any atom is -0.382 e. The second-order valence-corrected chi connectivity index (χ2v) is 9.78. The summed E-state index contributed by atoms with van der Waals surface area (Å²) in [5, 5.41) is 4.67. The summed E-state index contributed by atoms with van der Waals surface area (Å²) in [6, 6.07) is 2.61. The molecule has 3 aliphatic rings. The van der Waals surface area contributed by atoms with Crippen LogP contribution in [0.5, 0.6) is 0 Å². The zero-order chi connectivity index (χ0) is 19.8. The largest absolute Gasteiger partial charge is 0.382 e. The minimum atomic E-state index is 0.336. The van der Waals surface area contributed by atoms with Gasteiger partial charge in [0, 0.05) is 49.9 Å². The number of nitrogens with two attached hydrogens (primary N) is 1. The third-order valence-corrected chi connectivity index (χ3v) is 8.09. The normalized spacial score (nSPS) is 22.2. The van der Waals surface area contributed by atoms with E-state index in [-0.39, 0.29) is 0 Å². The molecular weight excluding hydrogens is 406 g/mol. The number of pyridine rings is 1. The molecule has 0 aliphatic carbocycles. The SMILES string of the molecule is Nc1nccc(Sc2cnc(N3CCC4(CC3)CCN(C3CNC3)C4)cn2)c1Cl. The topological polar surface area (TPSA) is 83.2 Å². The van der Waals surface area contributed by atoms with Crippen LogP contribution in [0.2, 0.25) is 5.02 Å². The molecule has 3 aliphatic heterocycles. The van der Waals surface area contributed by atoms with Crippen LogP contribution in [0.4, 0.5) is 11.6 Å². The Morgan fingerprint density at radius 3 is 2.59 bits per heavy atom. The number of nitrogens with zero attached hydrogens (tertiary/aromatic N) is 5. The Bertz CT molecular complexity index is 866. The molecule has 5 heterocycles. The quantitative estimate of drug-likeness (QED) is 0.764. The van der Waals surface area contributed by atoms with Crippen LogP contribution < -0.4 is 16.0 Å². The predicted octanol–water partition coefficient (Wildman–Crippen LogP) is 2.52. The van der Waals surface area contributed by atoms with Crippen molar-refractivity contribution in [3.05, 3.63) is 29.7 Å². The molecule has 7 nitrogen and oxygen atoms in total. The maximum Gasteiger partial charge on any atom is 0.147 e. The first-order valence-corrected chi connectivity index (χ1v) is 11.4. The van der Waals surface area contributed by atoms with Crippen LogP contribution in [0.15, 0.2) is 34.6 Å². The molecule has 0 aromatic carbocycles. The lowest BCUT2D eigenvalue weighted by Gasteiger charge is -2.41. The fourth-order valence-corrected chi connectivity index (χ4v) is 5.58. The molecule has 0 unspecified atom stereocenters. The molecule has 2 aromatic heterocycles.